The van der Waals surface area contributed by atoms with E-state index in [1.807, 2.05) is 13.8 Å². The molecule has 0 fully saturated rings. The molecule has 0 heterocycles. The highest BCUT2D eigenvalue weighted by Crippen LogP contribution is 2.10. The molecule has 12 heavy (non-hydrogen) atoms. The van der Waals surface area contributed by atoms with Crippen molar-refractivity contribution in [1.82, 2.24) is 0 Å². The first kappa shape index (κ1) is 11.4. The van der Waals surface area contributed by atoms with Crippen molar-refractivity contribution >= 4 is 5.97 Å². The van der Waals surface area contributed by atoms with Gasteiger partial charge in [0.25, 0.3) is 0 Å². The van der Waals surface area contributed by atoms with Crippen LogP contribution in [-0.4, -0.2) is 17.7 Å². The van der Waals surface area contributed by atoms with E-state index in [4.69, 9.17) is 10.6 Å². The van der Waals surface area contributed by atoms with Crippen molar-refractivity contribution in [1.29, 1.82) is 0 Å². The zero-order chi connectivity index (χ0) is 9.78. The van der Waals surface area contributed by atoms with E-state index in [1.165, 1.54) is 0 Å². The predicted octanol–water partition coefficient (Wildman–Crippen LogP) is 0.997. The highest BCUT2D eigenvalue weighted by Gasteiger charge is 2.30. The van der Waals surface area contributed by atoms with Crippen molar-refractivity contribution in [2.45, 2.75) is 45.8 Å². The lowest BCUT2D eigenvalue weighted by Gasteiger charge is -2.21. The Bertz CT molecular complexity index is 156. The number of hydrogen-bond donors (Lipinski definition) is 1. The molecule has 1 atom stereocenters. The molecular weight excluding hydrogens is 158 g/mol. The van der Waals surface area contributed by atoms with Crippen LogP contribution in [0, 0.1) is 0 Å². The second-order valence-electron chi connectivity index (χ2n) is 3.25. The lowest BCUT2D eigenvalue weighted by molar-refractivity contribution is -0.173. The molecule has 72 valence electrons. The molecule has 4 nitrogen and oxygen atoms in total. The summed E-state index contributed by atoms with van der Waals surface area (Å²) in [5.41, 5.74) is -1.05. The quantitative estimate of drug-likeness (QED) is 0.511. The normalized spacial score (nSPS) is 14.1. The molecule has 0 aromatic rings. The molecule has 2 N–H and O–H groups in total. The first-order chi connectivity index (χ1) is 5.44. The third-order valence-electron chi connectivity index (χ3n) is 1.67. The van der Waals surface area contributed by atoms with Crippen LogP contribution in [0.3, 0.4) is 0 Å². The maximum absolute atomic E-state index is 11.2. The summed E-state index contributed by atoms with van der Waals surface area (Å²) >= 11 is 0. The van der Waals surface area contributed by atoms with E-state index in [-0.39, 0.29) is 6.10 Å². The molecule has 0 saturated heterocycles. The fourth-order valence-electron chi connectivity index (χ4n) is 0.456. The first-order valence-corrected chi connectivity index (χ1v) is 4.03. The monoisotopic (exact) mass is 175 g/mol. The molecule has 0 amide bonds. The summed E-state index contributed by atoms with van der Waals surface area (Å²) in [6, 6.07) is 0. The molecule has 0 aliphatic carbocycles. The Balaban J connectivity index is 4.03. The fourth-order valence-corrected chi connectivity index (χ4v) is 0.456. The van der Waals surface area contributed by atoms with Crippen LogP contribution in [0.2, 0.25) is 0 Å². The minimum Gasteiger partial charge on any atom is -0.461 e. The largest absolute Gasteiger partial charge is 0.461 e. The van der Waals surface area contributed by atoms with E-state index >= 15 is 0 Å². The van der Waals surface area contributed by atoms with Gasteiger partial charge in [0.2, 0.25) is 0 Å². The van der Waals surface area contributed by atoms with Gasteiger partial charge in [-0.25, -0.2) is 10.7 Å². The molecule has 0 aromatic heterocycles. The van der Waals surface area contributed by atoms with Gasteiger partial charge in [-0.1, -0.05) is 6.92 Å². The second kappa shape index (κ2) is 4.42. The third kappa shape index (κ3) is 3.19. The van der Waals surface area contributed by atoms with Gasteiger partial charge in [-0.15, -0.1) is 0 Å². The average molecular weight is 175 g/mol. The third-order valence-corrected chi connectivity index (χ3v) is 1.67. The minimum absolute atomic E-state index is 0.0908. The number of hydrogen-bond acceptors (Lipinski definition) is 4. The molecule has 0 bridgehead atoms. The standard InChI is InChI=1S/C8H17NO3/c1-5-6(2)11-7(10)8(3,4)12-9/h6H,5,9H2,1-4H3. The van der Waals surface area contributed by atoms with Gasteiger partial charge in [0.1, 0.15) is 0 Å². The topological polar surface area (TPSA) is 61.5 Å². The number of carbonyl (C=O) groups is 1. The Morgan fingerprint density at radius 2 is 2.08 bits per heavy atom. The molecule has 0 radical (unpaired) electrons. The predicted molar refractivity (Wildman–Crippen MR) is 45.2 cm³/mol. The smallest absolute Gasteiger partial charge is 0.340 e. The van der Waals surface area contributed by atoms with Crippen molar-refractivity contribution < 1.29 is 14.4 Å². The van der Waals surface area contributed by atoms with Gasteiger partial charge >= 0.3 is 5.97 Å². The highest BCUT2D eigenvalue weighted by molar-refractivity contribution is 5.78. The summed E-state index contributed by atoms with van der Waals surface area (Å²) < 4.78 is 5.01. The van der Waals surface area contributed by atoms with Gasteiger partial charge in [0.15, 0.2) is 5.60 Å². The molecule has 1 unspecified atom stereocenters. The summed E-state index contributed by atoms with van der Waals surface area (Å²) in [5, 5.41) is 0. The maximum Gasteiger partial charge on any atom is 0.340 e. The van der Waals surface area contributed by atoms with Crippen LogP contribution >= 0.6 is 0 Å². The van der Waals surface area contributed by atoms with Crippen LogP contribution in [0.4, 0.5) is 0 Å². The molecule has 0 aromatic carbocycles. The molecule has 0 saturated carbocycles. The number of carbonyl (C=O) groups excluding carboxylic acids is 1. The summed E-state index contributed by atoms with van der Waals surface area (Å²) in [5.74, 6) is 4.49. The van der Waals surface area contributed by atoms with Gasteiger partial charge in [0, 0.05) is 0 Å². The van der Waals surface area contributed by atoms with Crippen LogP contribution in [0.1, 0.15) is 34.1 Å². The van der Waals surface area contributed by atoms with E-state index in [0.717, 1.165) is 6.42 Å². The molecule has 0 rings (SSSR count). The minimum atomic E-state index is -1.05. The molecule has 0 aliphatic heterocycles. The molecule has 0 spiro atoms. The van der Waals surface area contributed by atoms with Crippen molar-refractivity contribution in [2.24, 2.45) is 5.90 Å². The summed E-state index contributed by atoms with van der Waals surface area (Å²) in [6.07, 6.45) is 0.693. The summed E-state index contributed by atoms with van der Waals surface area (Å²) in [4.78, 5) is 15.7. The van der Waals surface area contributed by atoms with Crippen LogP contribution in [0.15, 0.2) is 0 Å². The van der Waals surface area contributed by atoms with Crippen LogP contribution < -0.4 is 5.90 Å². The average Bonchev–Trinajstić information content (AvgIpc) is 2.04. The molecule has 4 heteroatoms. The van der Waals surface area contributed by atoms with Gasteiger partial charge in [-0.2, -0.15) is 0 Å². The number of rotatable bonds is 4. The maximum atomic E-state index is 11.2. The first-order valence-electron chi connectivity index (χ1n) is 4.03. The Morgan fingerprint density at radius 3 is 2.42 bits per heavy atom. The van der Waals surface area contributed by atoms with Gasteiger partial charge in [-0.3, -0.25) is 4.84 Å². The SMILES string of the molecule is CCC(C)OC(=O)C(C)(C)ON. The zero-order valence-corrected chi connectivity index (χ0v) is 8.09. The van der Waals surface area contributed by atoms with Gasteiger partial charge in [0.05, 0.1) is 6.10 Å². The van der Waals surface area contributed by atoms with Gasteiger partial charge < -0.3 is 4.74 Å². The van der Waals surface area contributed by atoms with Crippen molar-refractivity contribution in [3.63, 3.8) is 0 Å². The van der Waals surface area contributed by atoms with E-state index in [9.17, 15) is 4.79 Å². The molecule has 0 aliphatic rings. The van der Waals surface area contributed by atoms with E-state index in [2.05, 4.69) is 4.84 Å². The van der Waals surface area contributed by atoms with Crippen LogP contribution in [-0.2, 0) is 14.4 Å². The Morgan fingerprint density at radius 1 is 1.58 bits per heavy atom. The van der Waals surface area contributed by atoms with Crippen molar-refractivity contribution in [3.8, 4) is 0 Å². The second-order valence-corrected chi connectivity index (χ2v) is 3.25. The zero-order valence-electron chi connectivity index (χ0n) is 8.09. The molecular formula is C8H17NO3. The summed E-state index contributed by atoms with van der Waals surface area (Å²) in [7, 11) is 0. The lowest BCUT2D eigenvalue weighted by atomic mass is 10.1. The van der Waals surface area contributed by atoms with E-state index in [1.54, 1.807) is 13.8 Å². The Labute approximate surface area is 73.0 Å². The lowest BCUT2D eigenvalue weighted by Crippen LogP contribution is -2.40. The van der Waals surface area contributed by atoms with Crippen LogP contribution in [0.5, 0.6) is 0 Å². The van der Waals surface area contributed by atoms with E-state index in [0.29, 0.717) is 0 Å². The Hall–Kier alpha value is -0.610. The van der Waals surface area contributed by atoms with E-state index < -0.39 is 11.6 Å². The summed E-state index contributed by atoms with van der Waals surface area (Å²) in [6.45, 7) is 6.90. The number of nitrogens with two attached hydrogens (primary N) is 1. The number of esters is 1. The van der Waals surface area contributed by atoms with Crippen LogP contribution in [0.25, 0.3) is 0 Å². The fraction of sp³-hybridized carbons (Fsp3) is 0.875. The Kier molecular flexibility index (Phi) is 4.20. The highest BCUT2D eigenvalue weighted by atomic mass is 16.7. The number of ether oxygens (including phenoxy) is 1. The van der Waals surface area contributed by atoms with Crippen molar-refractivity contribution in [2.75, 3.05) is 0 Å². The van der Waals surface area contributed by atoms with Crippen molar-refractivity contribution in [3.05, 3.63) is 0 Å². The van der Waals surface area contributed by atoms with Gasteiger partial charge in [-0.05, 0) is 27.2 Å².